The summed E-state index contributed by atoms with van der Waals surface area (Å²) in [6.07, 6.45) is 5.77. The number of hydrogen-bond donors (Lipinski definition) is 1. The molecule has 4 heteroatoms. The molecule has 0 atom stereocenters. The number of carbonyl (C=O) groups is 2. The number of likely N-dealkylation sites (tertiary alicyclic amines) is 1. The van der Waals surface area contributed by atoms with Crippen molar-refractivity contribution in [1.29, 1.82) is 0 Å². The summed E-state index contributed by atoms with van der Waals surface area (Å²) < 4.78 is 0. The van der Waals surface area contributed by atoms with Gasteiger partial charge in [0, 0.05) is 18.7 Å². The van der Waals surface area contributed by atoms with Crippen LogP contribution in [-0.2, 0) is 4.79 Å². The SMILES string of the molecule is CCC/C(=C\CC(=O)O)c1ccc(C(=O)N2CCCC2)cc1. The molecule has 1 saturated heterocycles. The predicted octanol–water partition coefficient (Wildman–Crippen LogP) is 3.58. The second kappa shape index (κ2) is 7.78. The lowest BCUT2D eigenvalue weighted by Crippen LogP contribution is -2.27. The van der Waals surface area contributed by atoms with Gasteiger partial charge in [0.2, 0.25) is 0 Å². The van der Waals surface area contributed by atoms with E-state index in [1.165, 1.54) is 0 Å². The van der Waals surface area contributed by atoms with Crippen LogP contribution in [0.25, 0.3) is 5.57 Å². The van der Waals surface area contributed by atoms with E-state index in [4.69, 9.17) is 5.11 Å². The topological polar surface area (TPSA) is 57.6 Å². The minimum Gasteiger partial charge on any atom is -0.481 e. The van der Waals surface area contributed by atoms with Gasteiger partial charge in [0.25, 0.3) is 5.91 Å². The van der Waals surface area contributed by atoms with Crippen LogP contribution in [0, 0.1) is 0 Å². The van der Waals surface area contributed by atoms with E-state index < -0.39 is 5.97 Å². The Morgan fingerprint density at radius 1 is 1.14 bits per heavy atom. The first-order chi connectivity index (χ1) is 10.6. The highest BCUT2D eigenvalue weighted by atomic mass is 16.4. The first kappa shape index (κ1) is 16.3. The number of nitrogens with zero attached hydrogens (tertiary/aromatic N) is 1. The van der Waals surface area contributed by atoms with Gasteiger partial charge in [-0.2, -0.15) is 0 Å². The normalized spacial score (nSPS) is 15.1. The largest absolute Gasteiger partial charge is 0.481 e. The molecule has 4 nitrogen and oxygen atoms in total. The van der Waals surface area contributed by atoms with Crippen molar-refractivity contribution in [3.63, 3.8) is 0 Å². The molecular weight excluding hydrogens is 278 g/mol. The molecule has 0 aliphatic carbocycles. The van der Waals surface area contributed by atoms with Gasteiger partial charge in [0.15, 0.2) is 0 Å². The van der Waals surface area contributed by atoms with E-state index in [0.717, 1.165) is 49.9 Å². The Hall–Kier alpha value is -2.10. The molecule has 0 unspecified atom stereocenters. The second-order valence-corrected chi connectivity index (χ2v) is 5.65. The smallest absolute Gasteiger partial charge is 0.307 e. The van der Waals surface area contributed by atoms with Crippen LogP contribution < -0.4 is 0 Å². The molecule has 22 heavy (non-hydrogen) atoms. The van der Waals surface area contributed by atoms with Crippen LogP contribution in [0.3, 0.4) is 0 Å². The molecule has 1 heterocycles. The zero-order chi connectivity index (χ0) is 15.9. The number of carboxylic acid groups (broad SMARTS) is 1. The van der Waals surface area contributed by atoms with Crippen molar-refractivity contribution in [2.75, 3.05) is 13.1 Å². The van der Waals surface area contributed by atoms with Crippen LogP contribution in [0.1, 0.15) is 54.9 Å². The summed E-state index contributed by atoms with van der Waals surface area (Å²) in [5.41, 5.74) is 2.74. The van der Waals surface area contributed by atoms with E-state index in [1.807, 2.05) is 29.2 Å². The van der Waals surface area contributed by atoms with Gasteiger partial charge in [-0.1, -0.05) is 31.6 Å². The fourth-order valence-corrected chi connectivity index (χ4v) is 2.77. The Morgan fingerprint density at radius 3 is 2.27 bits per heavy atom. The van der Waals surface area contributed by atoms with Crippen LogP contribution in [0.2, 0.25) is 0 Å². The monoisotopic (exact) mass is 301 g/mol. The lowest BCUT2D eigenvalue weighted by atomic mass is 9.99. The molecule has 1 aliphatic heterocycles. The Labute approximate surface area is 131 Å². The maximum absolute atomic E-state index is 12.3. The zero-order valence-electron chi connectivity index (χ0n) is 13.0. The van der Waals surface area contributed by atoms with Crippen molar-refractivity contribution >= 4 is 17.4 Å². The first-order valence-electron chi connectivity index (χ1n) is 7.92. The maximum Gasteiger partial charge on any atom is 0.307 e. The number of aliphatic carboxylic acids is 1. The molecule has 0 saturated carbocycles. The van der Waals surface area contributed by atoms with Crippen molar-refractivity contribution in [1.82, 2.24) is 4.90 Å². The molecule has 0 bridgehead atoms. The minimum atomic E-state index is -0.825. The minimum absolute atomic E-state index is 0.0315. The van der Waals surface area contributed by atoms with Crippen molar-refractivity contribution < 1.29 is 14.7 Å². The number of amides is 1. The van der Waals surface area contributed by atoms with E-state index in [1.54, 1.807) is 6.08 Å². The fourth-order valence-electron chi connectivity index (χ4n) is 2.77. The molecule has 1 N–H and O–H groups in total. The Kier molecular flexibility index (Phi) is 5.75. The van der Waals surface area contributed by atoms with E-state index in [0.29, 0.717) is 5.56 Å². The summed E-state index contributed by atoms with van der Waals surface area (Å²) in [4.78, 5) is 24.9. The maximum atomic E-state index is 12.3. The van der Waals surface area contributed by atoms with Gasteiger partial charge in [0.1, 0.15) is 0 Å². The number of rotatable bonds is 6. The van der Waals surface area contributed by atoms with Crippen LogP contribution in [0.5, 0.6) is 0 Å². The summed E-state index contributed by atoms with van der Waals surface area (Å²) in [5.74, 6) is -0.731. The van der Waals surface area contributed by atoms with Crippen LogP contribution in [-0.4, -0.2) is 35.0 Å². The third kappa shape index (κ3) is 4.20. The molecule has 0 radical (unpaired) electrons. The highest BCUT2D eigenvalue weighted by Gasteiger charge is 2.19. The highest BCUT2D eigenvalue weighted by Crippen LogP contribution is 2.22. The molecule has 0 aromatic heterocycles. The third-order valence-corrected chi connectivity index (χ3v) is 3.94. The van der Waals surface area contributed by atoms with Crippen LogP contribution in [0.4, 0.5) is 0 Å². The molecule has 0 spiro atoms. The van der Waals surface area contributed by atoms with Gasteiger partial charge in [-0.3, -0.25) is 9.59 Å². The van der Waals surface area contributed by atoms with Gasteiger partial charge in [-0.05, 0) is 42.5 Å². The summed E-state index contributed by atoms with van der Waals surface area (Å²) >= 11 is 0. The predicted molar refractivity (Wildman–Crippen MR) is 86.7 cm³/mol. The lowest BCUT2D eigenvalue weighted by molar-refractivity contribution is -0.136. The van der Waals surface area contributed by atoms with Gasteiger partial charge >= 0.3 is 5.97 Å². The Bertz CT molecular complexity index is 554. The zero-order valence-corrected chi connectivity index (χ0v) is 13.0. The number of benzene rings is 1. The van der Waals surface area contributed by atoms with E-state index in [9.17, 15) is 9.59 Å². The quantitative estimate of drug-likeness (QED) is 0.873. The van der Waals surface area contributed by atoms with E-state index in [-0.39, 0.29) is 12.3 Å². The molecule has 2 rings (SSSR count). The first-order valence-corrected chi connectivity index (χ1v) is 7.92. The molecule has 1 aromatic rings. The second-order valence-electron chi connectivity index (χ2n) is 5.65. The average Bonchev–Trinajstić information content (AvgIpc) is 3.05. The standard InChI is InChI=1S/C18H23NO3/c1-2-5-14(10-11-17(20)21)15-6-8-16(9-7-15)18(22)19-12-3-4-13-19/h6-10H,2-5,11-13H2,1H3,(H,20,21)/b14-10+. The highest BCUT2D eigenvalue weighted by molar-refractivity contribution is 5.94. The molecule has 1 fully saturated rings. The van der Waals surface area contributed by atoms with Crippen LogP contribution >= 0.6 is 0 Å². The summed E-state index contributed by atoms with van der Waals surface area (Å²) in [7, 11) is 0. The van der Waals surface area contributed by atoms with Crippen molar-refractivity contribution in [3.8, 4) is 0 Å². The van der Waals surface area contributed by atoms with Crippen molar-refractivity contribution in [3.05, 3.63) is 41.5 Å². The molecule has 1 aliphatic rings. The molecule has 1 amide bonds. The number of allylic oxidation sites excluding steroid dienone is 1. The number of hydrogen-bond acceptors (Lipinski definition) is 2. The van der Waals surface area contributed by atoms with Gasteiger partial charge < -0.3 is 10.0 Å². The summed E-state index contributed by atoms with van der Waals surface area (Å²) in [6, 6.07) is 7.54. The third-order valence-electron chi connectivity index (χ3n) is 3.94. The summed E-state index contributed by atoms with van der Waals surface area (Å²) in [5, 5.41) is 8.82. The Morgan fingerprint density at radius 2 is 1.73 bits per heavy atom. The molecular formula is C18H23NO3. The van der Waals surface area contributed by atoms with Gasteiger partial charge in [0.05, 0.1) is 6.42 Å². The van der Waals surface area contributed by atoms with Gasteiger partial charge in [-0.25, -0.2) is 0 Å². The lowest BCUT2D eigenvalue weighted by Gasteiger charge is -2.15. The molecule has 1 aromatic carbocycles. The summed E-state index contributed by atoms with van der Waals surface area (Å²) in [6.45, 7) is 3.76. The van der Waals surface area contributed by atoms with Crippen molar-refractivity contribution in [2.24, 2.45) is 0 Å². The van der Waals surface area contributed by atoms with Gasteiger partial charge in [-0.15, -0.1) is 0 Å². The van der Waals surface area contributed by atoms with Crippen molar-refractivity contribution in [2.45, 2.75) is 39.0 Å². The van der Waals surface area contributed by atoms with E-state index in [2.05, 4.69) is 6.92 Å². The number of carbonyl (C=O) groups excluding carboxylic acids is 1. The fraction of sp³-hybridized carbons (Fsp3) is 0.444. The molecule has 118 valence electrons. The van der Waals surface area contributed by atoms with E-state index >= 15 is 0 Å². The average molecular weight is 301 g/mol. The number of carboxylic acids is 1. The van der Waals surface area contributed by atoms with Crippen LogP contribution in [0.15, 0.2) is 30.3 Å². The Balaban J connectivity index is 2.13.